The number of piperidine rings is 1. The lowest BCUT2D eigenvalue weighted by Crippen LogP contribution is -2.59. The van der Waals surface area contributed by atoms with Crippen molar-refractivity contribution in [3.63, 3.8) is 0 Å². The number of carbonyl (C=O) groups excluding carboxylic acids is 1. The largest absolute Gasteiger partial charge is 0.483 e. The number of likely N-dealkylation sites (tertiary alicyclic amines) is 1. The molecule has 1 aromatic heterocycles. The van der Waals surface area contributed by atoms with Gasteiger partial charge < -0.3 is 14.4 Å². The second-order valence-corrected chi connectivity index (χ2v) is 7.96. The van der Waals surface area contributed by atoms with Gasteiger partial charge in [0.1, 0.15) is 5.75 Å². The van der Waals surface area contributed by atoms with Gasteiger partial charge in [0.2, 0.25) is 10.0 Å². The fraction of sp³-hybridized carbons (Fsp3) is 0.625. The summed E-state index contributed by atoms with van der Waals surface area (Å²) in [5.74, 6) is 0.410. The molecule has 0 saturated carbocycles. The standard InChI is InChI=1S/C16H25N3O5S/c1-12-9-17-7-6-15(12)24-11-16(20)19-8-4-5-13(14(19)10-23-2)18-25(3,21)22/h6-7,9,13-14,18H,4-5,8,10-11H2,1-3H3/t13-,14?/m0/s1. The summed E-state index contributed by atoms with van der Waals surface area (Å²) in [6.45, 7) is 2.55. The minimum Gasteiger partial charge on any atom is -0.483 e. The number of methoxy groups -OCH3 is 1. The molecule has 25 heavy (non-hydrogen) atoms. The zero-order valence-corrected chi connectivity index (χ0v) is 15.6. The number of nitrogens with one attached hydrogen (secondary N) is 1. The molecule has 1 fully saturated rings. The van der Waals surface area contributed by atoms with E-state index in [0.717, 1.165) is 11.8 Å². The van der Waals surface area contributed by atoms with Gasteiger partial charge in [-0.1, -0.05) is 0 Å². The van der Waals surface area contributed by atoms with Gasteiger partial charge in [-0.3, -0.25) is 9.78 Å². The van der Waals surface area contributed by atoms with Crippen molar-refractivity contribution < 1.29 is 22.7 Å². The first-order valence-electron chi connectivity index (χ1n) is 8.11. The van der Waals surface area contributed by atoms with E-state index < -0.39 is 10.0 Å². The highest BCUT2D eigenvalue weighted by molar-refractivity contribution is 7.88. The third-order valence-electron chi connectivity index (χ3n) is 4.12. The number of amides is 1. The van der Waals surface area contributed by atoms with E-state index in [1.807, 2.05) is 6.92 Å². The molecule has 1 aromatic rings. The number of pyridine rings is 1. The van der Waals surface area contributed by atoms with Crippen LogP contribution in [0.25, 0.3) is 0 Å². The Morgan fingerprint density at radius 2 is 2.24 bits per heavy atom. The Bertz CT molecular complexity index is 695. The third-order valence-corrected chi connectivity index (χ3v) is 4.85. The van der Waals surface area contributed by atoms with Crippen LogP contribution in [0.1, 0.15) is 18.4 Å². The van der Waals surface area contributed by atoms with Gasteiger partial charge in [-0.2, -0.15) is 0 Å². The Morgan fingerprint density at radius 1 is 1.48 bits per heavy atom. The first-order chi connectivity index (χ1) is 11.8. The van der Waals surface area contributed by atoms with Crippen molar-refractivity contribution in [1.29, 1.82) is 0 Å². The molecule has 2 heterocycles. The maximum atomic E-state index is 12.6. The van der Waals surface area contributed by atoms with Gasteiger partial charge >= 0.3 is 0 Å². The number of carbonyl (C=O) groups is 1. The van der Waals surface area contributed by atoms with Crippen LogP contribution in [-0.4, -0.2) is 69.4 Å². The van der Waals surface area contributed by atoms with Crippen molar-refractivity contribution in [3.05, 3.63) is 24.0 Å². The number of rotatable bonds is 7. The summed E-state index contributed by atoms with van der Waals surface area (Å²) < 4.78 is 36.6. The zero-order valence-electron chi connectivity index (χ0n) is 14.8. The number of ether oxygens (including phenoxy) is 2. The van der Waals surface area contributed by atoms with Crippen molar-refractivity contribution in [2.45, 2.75) is 31.8 Å². The first-order valence-corrected chi connectivity index (χ1v) is 10.00. The van der Waals surface area contributed by atoms with Crippen molar-refractivity contribution in [1.82, 2.24) is 14.6 Å². The summed E-state index contributed by atoms with van der Waals surface area (Å²) in [5, 5.41) is 0. The van der Waals surface area contributed by atoms with Crippen LogP contribution in [0, 0.1) is 6.92 Å². The average Bonchev–Trinajstić information content (AvgIpc) is 2.54. The van der Waals surface area contributed by atoms with Gasteiger partial charge in [0, 0.05) is 37.7 Å². The SMILES string of the molecule is COCC1[C@@H](NS(C)(=O)=O)CCCN1C(=O)COc1ccncc1C. The summed E-state index contributed by atoms with van der Waals surface area (Å²) in [5.41, 5.74) is 0.846. The quantitative estimate of drug-likeness (QED) is 0.741. The van der Waals surface area contributed by atoms with E-state index in [1.54, 1.807) is 23.4 Å². The summed E-state index contributed by atoms with van der Waals surface area (Å²) in [6, 6.07) is 0.984. The second-order valence-electron chi connectivity index (χ2n) is 6.18. The monoisotopic (exact) mass is 371 g/mol. The van der Waals surface area contributed by atoms with Gasteiger partial charge in [-0.15, -0.1) is 0 Å². The number of hydrogen-bond acceptors (Lipinski definition) is 6. The molecule has 1 saturated heterocycles. The van der Waals surface area contributed by atoms with Crippen LogP contribution in [0.2, 0.25) is 0 Å². The minimum atomic E-state index is -3.37. The lowest BCUT2D eigenvalue weighted by molar-refractivity contribution is -0.139. The topological polar surface area (TPSA) is 97.8 Å². The minimum absolute atomic E-state index is 0.114. The number of hydrogen-bond donors (Lipinski definition) is 1. The average molecular weight is 371 g/mol. The van der Waals surface area contributed by atoms with Crippen LogP contribution in [0.3, 0.4) is 0 Å². The molecule has 1 aliphatic heterocycles. The Labute approximate surface area is 148 Å². The zero-order chi connectivity index (χ0) is 18.4. The third kappa shape index (κ3) is 5.65. The molecule has 0 aromatic carbocycles. The van der Waals surface area contributed by atoms with E-state index >= 15 is 0 Å². The highest BCUT2D eigenvalue weighted by atomic mass is 32.2. The molecule has 2 atom stereocenters. The molecule has 0 radical (unpaired) electrons. The van der Waals surface area contributed by atoms with Gasteiger partial charge in [0.25, 0.3) is 5.91 Å². The summed E-state index contributed by atoms with van der Waals surface area (Å²) in [6.07, 6.45) is 5.77. The summed E-state index contributed by atoms with van der Waals surface area (Å²) in [7, 11) is -1.83. The molecule has 0 spiro atoms. The maximum absolute atomic E-state index is 12.6. The molecule has 2 rings (SSSR count). The van der Waals surface area contributed by atoms with E-state index in [-0.39, 0.29) is 31.2 Å². The van der Waals surface area contributed by atoms with Crippen LogP contribution in [0.15, 0.2) is 18.5 Å². The fourth-order valence-electron chi connectivity index (χ4n) is 3.00. The predicted molar refractivity (Wildman–Crippen MR) is 92.8 cm³/mol. The lowest BCUT2D eigenvalue weighted by atomic mass is 9.97. The molecule has 1 amide bonds. The normalized spacial score (nSPS) is 21.2. The van der Waals surface area contributed by atoms with E-state index in [2.05, 4.69) is 9.71 Å². The van der Waals surface area contributed by atoms with E-state index in [1.165, 1.54) is 7.11 Å². The van der Waals surface area contributed by atoms with Crippen LogP contribution >= 0.6 is 0 Å². The molecule has 0 bridgehead atoms. The summed E-state index contributed by atoms with van der Waals surface area (Å²) in [4.78, 5) is 18.3. The summed E-state index contributed by atoms with van der Waals surface area (Å²) >= 11 is 0. The van der Waals surface area contributed by atoms with Crippen molar-refractivity contribution in [2.24, 2.45) is 0 Å². The number of aryl methyl sites for hydroxylation is 1. The molecule has 9 heteroatoms. The van der Waals surface area contributed by atoms with Crippen LogP contribution in [0.4, 0.5) is 0 Å². The molecule has 140 valence electrons. The second kappa shape index (κ2) is 8.59. The number of sulfonamides is 1. The maximum Gasteiger partial charge on any atom is 0.260 e. The fourth-order valence-corrected chi connectivity index (χ4v) is 3.83. The lowest BCUT2D eigenvalue weighted by Gasteiger charge is -2.40. The highest BCUT2D eigenvalue weighted by Crippen LogP contribution is 2.20. The molecule has 1 N–H and O–H groups in total. The van der Waals surface area contributed by atoms with Gasteiger partial charge in [0.15, 0.2) is 6.61 Å². The van der Waals surface area contributed by atoms with Gasteiger partial charge in [0.05, 0.1) is 18.9 Å². The van der Waals surface area contributed by atoms with Crippen molar-refractivity contribution >= 4 is 15.9 Å². The van der Waals surface area contributed by atoms with E-state index in [9.17, 15) is 13.2 Å². The molecule has 0 aliphatic carbocycles. The van der Waals surface area contributed by atoms with Crippen molar-refractivity contribution in [3.8, 4) is 5.75 Å². The Morgan fingerprint density at radius 3 is 2.88 bits per heavy atom. The molecule has 1 unspecified atom stereocenters. The number of nitrogens with zero attached hydrogens (tertiary/aromatic N) is 2. The molecule has 8 nitrogen and oxygen atoms in total. The number of aromatic nitrogens is 1. The predicted octanol–water partition coefficient (Wildman–Crippen LogP) is 0.324. The van der Waals surface area contributed by atoms with Crippen LogP contribution < -0.4 is 9.46 Å². The van der Waals surface area contributed by atoms with Gasteiger partial charge in [-0.05, 0) is 25.8 Å². The first kappa shape index (κ1) is 19.6. The Kier molecular flexibility index (Phi) is 6.74. The van der Waals surface area contributed by atoms with Gasteiger partial charge in [-0.25, -0.2) is 13.1 Å². The molecular formula is C16H25N3O5S. The van der Waals surface area contributed by atoms with Crippen molar-refractivity contribution in [2.75, 3.05) is 33.1 Å². The smallest absolute Gasteiger partial charge is 0.260 e. The van der Waals surface area contributed by atoms with Crippen LogP contribution in [0.5, 0.6) is 5.75 Å². The Hall–Kier alpha value is -1.71. The Balaban J connectivity index is 2.06. The van der Waals surface area contributed by atoms with Crippen LogP contribution in [-0.2, 0) is 19.6 Å². The molecular weight excluding hydrogens is 346 g/mol. The molecule has 1 aliphatic rings. The van der Waals surface area contributed by atoms with E-state index in [0.29, 0.717) is 25.1 Å². The highest BCUT2D eigenvalue weighted by Gasteiger charge is 2.35. The van der Waals surface area contributed by atoms with E-state index in [4.69, 9.17) is 9.47 Å².